The number of rotatable bonds is 7. The Kier molecular flexibility index (Phi) is 8.18. The second kappa shape index (κ2) is 8.34. The van der Waals surface area contributed by atoms with Gasteiger partial charge in [-0.3, -0.25) is 0 Å². The van der Waals surface area contributed by atoms with Crippen molar-refractivity contribution >= 4 is 0 Å². The fraction of sp³-hybridized carbons (Fsp3) is 0.846. The molecule has 0 unspecified atom stereocenters. The van der Waals surface area contributed by atoms with Crippen LogP contribution in [0.1, 0.15) is 66.2 Å². The highest BCUT2D eigenvalue weighted by Gasteiger charge is 2.01. The summed E-state index contributed by atoms with van der Waals surface area (Å²) in [4.78, 5) is 0. The van der Waals surface area contributed by atoms with E-state index in [1.54, 1.807) is 5.57 Å². The molecule has 0 aromatic carbocycles. The summed E-state index contributed by atoms with van der Waals surface area (Å²) in [6.45, 7) is 9.15. The Labute approximate surface area is 84.4 Å². The molecule has 0 bridgehead atoms. The fourth-order valence-electron chi connectivity index (χ4n) is 1.54. The number of allylic oxidation sites excluding steroid dienone is 2. The Bertz CT molecular complexity index is 131. The van der Waals surface area contributed by atoms with Crippen molar-refractivity contribution in [2.75, 3.05) is 0 Å². The lowest BCUT2D eigenvalue weighted by molar-refractivity contribution is 0.642. The van der Waals surface area contributed by atoms with Crippen LogP contribution < -0.4 is 0 Å². The van der Waals surface area contributed by atoms with Gasteiger partial charge in [0, 0.05) is 0 Å². The fourth-order valence-corrected chi connectivity index (χ4v) is 1.54. The molecule has 78 valence electrons. The van der Waals surface area contributed by atoms with Crippen molar-refractivity contribution in [3.05, 3.63) is 11.6 Å². The lowest BCUT2D eigenvalue weighted by Crippen LogP contribution is -1.94. The topological polar surface area (TPSA) is 0 Å². The van der Waals surface area contributed by atoms with E-state index >= 15 is 0 Å². The first-order valence-electron chi connectivity index (χ1n) is 5.91. The number of hydrogen-bond donors (Lipinski definition) is 0. The Morgan fingerprint density at radius 3 is 2.23 bits per heavy atom. The van der Waals surface area contributed by atoms with Gasteiger partial charge in [-0.2, -0.15) is 0 Å². The van der Waals surface area contributed by atoms with E-state index < -0.39 is 0 Å². The van der Waals surface area contributed by atoms with Gasteiger partial charge < -0.3 is 0 Å². The minimum atomic E-state index is 0.753. The molecule has 0 saturated heterocycles. The van der Waals surface area contributed by atoms with Gasteiger partial charge in [0.05, 0.1) is 0 Å². The molecule has 0 amide bonds. The van der Waals surface area contributed by atoms with Gasteiger partial charge in [0.25, 0.3) is 0 Å². The quantitative estimate of drug-likeness (QED) is 0.386. The maximum atomic E-state index is 2.46. The molecule has 0 radical (unpaired) electrons. The van der Waals surface area contributed by atoms with E-state index in [-0.39, 0.29) is 0 Å². The van der Waals surface area contributed by atoms with Crippen LogP contribution in [0.25, 0.3) is 0 Å². The van der Waals surface area contributed by atoms with Crippen LogP contribution in [0.3, 0.4) is 0 Å². The lowest BCUT2D eigenvalue weighted by atomic mass is 9.96. The van der Waals surface area contributed by atoms with Crippen molar-refractivity contribution in [1.82, 2.24) is 0 Å². The van der Waals surface area contributed by atoms with Gasteiger partial charge in [-0.15, -0.1) is 0 Å². The van der Waals surface area contributed by atoms with Gasteiger partial charge in [0.2, 0.25) is 0 Å². The molecule has 0 fully saturated rings. The smallest absolute Gasteiger partial charge is 0.0260 e. The second-order valence-electron chi connectivity index (χ2n) is 4.18. The van der Waals surface area contributed by atoms with Crippen LogP contribution in [-0.2, 0) is 0 Å². The van der Waals surface area contributed by atoms with Crippen molar-refractivity contribution in [3.8, 4) is 0 Å². The SMILES string of the molecule is CCCC=C(CCCCC)C(C)C. The van der Waals surface area contributed by atoms with E-state index in [4.69, 9.17) is 0 Å². The van der Waals surface area contributed by atoms with Crippen molar-refractivity contribution in [2.24, 2.45) is 5.92 Å². The van der Waals surface area contributed by atoms with Crippen molar-refractivity contribution < 1.29 is 0 Å². The van der Waals surface area contributed by atoms with Gasteiger partial charge >= 0.3 is 0 Å². The van der Waals surface area contributed by atoms with E-state index in [0.717, 1.165) is 5.92 Å². The molecule has 0 aliphatic carbocycles. The summed E-state index contributed by atoms with van der Waals surface area (Å²) in [7, 11) is 0. The zero-order valence-electron chi connectivity index (χ0n) is 9.90. The molecule has 0 N–H and O–H groups in total. The van der Waals surface area contributed by atoms with Crippen LogP contribution in [0.4, 0.5) is 0 Å². The van der Waals surface area contributed by atoms with Gasteiger partial charge in [-0.25, -0.2) is 0 Å². The zero-order valence-corrected chi connectivity index (χ0v) is 9.90. The molecule has 0 aromatic heterocycles. The molecule has 0 rings (SSSR count). The lowest BCUT2D eigenvalue weighted by Gasteiger charge is -2.11. The monoisotopic (exact) mass is 182 g/mol. The van der Waals surface area contributed by atoms with Crippen molar-refractivity contribution in [2.45, 2.75) is 66.2 Å². The van der Waals surface area contributed by atoms with Crippen LogP contribution in [0, 0.1) is 5.92 Å². The Morgan fingerprint density at radius 1 is 1.08 bits per heavy atom. The third-order valence-electron chi connectivity index (χ3n) is 2.51. The summed E-state index contributed by atoms with van der Waals surface area (Å²) >= 11 is 0. The molecule has 0 saturated carbocycles. The summed E-state index contributed by atoms with van der Waals surface area (Å²) in [5.74, 6) is 0.753. The van der Waals surface area contributed by atoms with E-state index in [2.05, 4.69) is 33.8 Å². The third kappa shape index (κ3) is 6.86. The average molecular weight is 182 g/mol. The molecule has 13 heavy (non-hydrogen) atoms. The normalized spacial score (nSPS) is 12.5. The first kappa shape index (κ1) is 12.7. The summed E-state index contributed by atoms with van der Waals surface area (Å²) < 4.78 is 0. The van der Waals surface area contributed by atoms with E-state index in [1.807, 2.05) is 0 Å². The highest BCUT2D eigenvalue weighted by molar-refractivity contribution is 5.04. The van der Waals surface area contributed by atoms with Crippen molar-refractivity contribution in [3.63, 3.8) is 0 Å². The molecule has 0 nitrogen and oxygen atoms in total. The molecule has 0 atom stereocenters. The summed E-state index contributed by atoms with van der Waals surface area (Å²) in [5, 5.41) is 0. The molecular weight excluding hydrogens is 156 g/mol. The van der Waals surface area contributed by atoms with Gasteiger partial charge in [0.1, 0.15) is 0 Å². The molecule has 0 spiro atoms. The third-order valence-corrected chi connectivity index (χ3v) is 2.51. The summed E-state index contributed by atoms with van der Waals surface area (Å²) in [6, 6.07) is 0. The number of unbranched alkanes of at least 4 members (excludes halogenated alkanes) is 3. The van der Waals surface area contributed by atoms with Gasteiger partial charge in [-0.1, -0.05) is 58.6 Å². The minimum Gasteiger partial charge on any atom is -0.0851 e. The first-order chi connectivity index (χ1) is 6.22. The number of hydrogen-bond acceptors (Lipinski definition) is 0. The molecule has 0 heterocycles. The minimum absolute atomic E-state index is 0.753. The van der Waals surface area contributed by atoms with Crippen LogP contribution in [0.5, 0.6) is 0 Å². The highest BCUT2D eigenvalue weighted by atomic mass is 14.1. The van der Waals surface area contributed by atoms with Gasteiger partial charge in [0.15, 0.2) is 0 Å². The predicted molar refractivity (Wildman–Crippen MR) is 62.0 cm³/mol. The van der Waals surface area contributed by atoms with Gasteiger partial charge in [-0.05, 0) is 25.2 Å². The Balaban J connectivity index is 3.80. The zero-order chi connectivity index (χ0) is 10.1. The van der Waals surface area contributed by atoms with E-state index in [9.17, 15) is 0 Å². The Hall–Kier alpha value is -0.260. The molecule has 0 aliphatic rings. The van der Waals surface area contributed by atoms with Crippen LogP contribution in [0.2, 0.25) is 0 Å². The van der Waals surface area contributed by atoms with Crippen molar-refractivity contribution in [1.29, 1.82) is 0 Å². The maximum absolute atomic E-state index is 2.46. The molecule has 0 aliphatic heterocycles. The maximum Gasteiger partial charge on any atom is -0.0260 e. The second-order valence-corrected chi connectivity index (χ2v) is 4.18. The van der Waals surface area contributed by atoms with Crippen LogP contribution in [0.15, 0.2) is 11.6 Å². The predicted octanol–water partition coefficient (Wildman–Crippen LogP) is 4.95. The van der Waals surface area contributed by atoms with Crippen LogP contribution in [-0.4, -0.2) is 0 Å². The molecular formula is C13H26. The molecule has 0 aromatic rings. The van der Waals surface area contributed by atoms with E-state index in [0.29, 0.717) is 0 Å². The summed E-state index contributed by atoms with van der Waals surface area (Å²) in [6.07, 6.45) is 10.4. The summed E-state index contributed by atoms with van der Waals surface area (Å²) in [5.41, 5.74) is 1.68. The first-order valence-corrected chi connectivity index (χ1v) is 5.91. The Morgan fingerprint density at radius 2 is 1.77 bits per heavy atom. The van der Waals surface area contributed by atoms with E-state index in [1.165, 1.54) is 38.5 Å². The largest absolute Gasteiger partial charge is 0.0851 e. The van der Waals surface area contributed by atoms with Crippen LogP contribution >= 0.6 is 0 Å². The average Bonchev–Trinajstić information content (AvgIpc) is 2.10. The highest BCUT2D eigenvalue weighted by Crippen LogP contribution is 2.18. The standard InChI is InChI=1S/C13H26/c1-5-7-9-11-13(12(3)4)10-8-6-2/h10,12H,5-9,11H2,1-4H3. The molecule has 0 heteroatoms.